The number of nitro groups is 1. The SMILES string of the molecule is CC1CC(C(=O)O)CN(C(=O)COc2ccccc2[N+](=O)[O-])C1. The van der Waals surface area contributed by atoms with E-state index in [2.05, 4.69) is 0 Å². The van der Waals surface area contributed by atoms with Gasteiger partial charge in [-0.1, -0.05) is 19.1 Å². The van der Waals surface area contributed by atoms with Crippen LogP contribution in [0.1, 0.15) is 13.3 Å². The molecule has 1 heterocycles. The number of nitro benzene ring substituents is 1. The summed E-state index contributed by atoms with van der Waals surface area (Å²) in [6.07, 6.45) is 0.532. The van der Waals surface area contributed by atoms with E-state index in [1.807, 2.05) is 6.92 Å². The van der Waals surface area contributed by atoms with E-state index in [4.69, 9.17) is 9.84 Å². The molecule has 0 saturated carbocycles. The Labute approximate surface area is 132 Å². The summed E-state index contributed by atoms with van der Waals surface area (Å²) in [6.45, 7) is 2.13. The summed E-state index contributed by atoms with van der Waals surface area (Å²) in [4.78, 5) is 35.1. The second-order valence-corrected chi connectivity index (χ2v) is 5.69. The number of para-hydroxylation sites is 2. The molecule has 8 heteroatoms. The number of amides is 1. The number of benzene rings is 1. The molecule has 1 saturated heterocycles. The van der Waals surface area contributed by atoms with Crippen molar-refractivity contribution in [2.24, 2.45) is 11.8 Å². The Morgan fingerprint density at radius 1 is 1.39 bits per heavy atom. The minimum atomic E-state index is -0.922. The highest BCUT2D eigenvalue weighted by molar-refractivity contribution is 5.79. The maximum absolute atomic E-state index is 12.2. The highest BCUT2D eigenvalue weighted by atomic mass is 16.6. The van der Waals surface area contributed by atoms with Gasteiger partial charge in [0, 0.05) is 19.2 Å². The second-order valence-electron chi connectivity index (χ2n) is 5.69. The van der Waals surface area contributed by atoms with Crippen LogP contribution in [0, 0.1) is 22.0 Å². The molecule has 1 aliphatic heterocycles. The van der Waals surface area contributed by atoms with Gasteiger partial charge in [0.2, 0.25) is 0 Å². The number of nitrogens with zero attached hydrogens (tertiary/aromatic N) is 2. The molecule has 2 atom stereocenters. The monoisotopic (exact) mass is 322 g/mol. The lowest BCUT2D eigenvalue weighted by molar-refractivity contribution is -0.385. The van der Waals surface area contributed by atoms with E-state index in [0.717, 1.165) is 0 Å². The van der Waals surface area contributed by atoms with Crippen molar-refractivity contribution in [3.63, 3.8) is 0 Å². The number of carboxylic acid groups (broad SMARTS) is 1. The number of rotatable bonds is 5. The molecule has 23 heavy (non-hydrogen) atoms. The number of carboxylic acids is 1. The topological polar surface area (TPSA) is 110 Å². The number of hydrogen-bond acceptors (Lipinski definition) is 5. The van der Waals surface area contributed by atoms with Crippen LogP contribution in [-0.2, 0) is 9.59 Å². The first-order valence-corrected chi connectivity index (χ1v) is 7.25. The summed E-state index contributed by atoms with van der Waals surface area (Å²) in [5, 5.41) is 20.0. The Morgan fingerprint density at radius 2 is 2.09 bits per heavy atom. The number of ether oxygens (including phenoxy) is 1. The second kappa shape index (κ2) is 7.08. The highest BCUT2D eigenvalue weighted by Crippen LogP contribution is 2.26. The molecule has 0 spiro atoms. The van der Waals surface area contributed by atoms with Crippen molar-refractivity contribution in [2.45, 2.75) is 13.3 Å². The van der Waals surface area contributed by atoms with Crippen molar-refractivity contribution in [2.75, 3.05) is 19.7 Å². The largest absolute Gasteiger partial charge is 0.481 e. The van der Waals surface area contributed by atoms with E-state index in [-0.39, 0.29) is 36.4 Å². The van der Waals surface area contributed by atoms with Gasteiger partial charge in [-0.3, -0.25) is 19.7 Å². The normalized spacial score (nSPS) is 20.8. The molecule has 2 rings (SSSR count). The molecule has 1 amide bonds. The predicted octanol–water partition coefficient (Wildman–Crippen LogP) is 1.54. The Kier molecular flexibility index (Phi) is 5.15. The maximum Gasteiger partial charge on any atom is 0.310 e. The van der Waals surface area contributed by atoms with Gasteiger partial charge in [-0.2, -0.15) is 0 Å². The third-order valence-corrected chi connectivity index (χ3v) is 3.77. The van der Waals surface area contributed by atoms with Gasteiger partial charge < -0.3 is 14.7 Å². The summed E-state index contributed by atoms with van der Waals surface area (Å²) in [5.41, 5.74) is -0.212. The summed E-state index contributed by atoms with van der Waals surface area (Å²) in [5.74, 6) is -1.78. The molecule has 1 fully saturated rings. The number of piperidine rings is 1. The fraction of sp³-hybridized carbons (Fsp3) is 0.467. The maximum atomic E-state index is 12.2. The van der Waals surface area contributed by atoms with E-state index in [1.165, 1.54) is 23.1 Å². The number of hydrogen-bond donors (Lipinski definition) is 1. The molecule has 1 aromatic carbocycles. The average molecular weight is 322 g/mol. The zero-order valence-electron chi connectivity index (χ0n) is 12.7. The van der Waals surface area contributed by atoms with Crippen molar-refractivity contribution in [1.82, 2.24) is 4.90 Å². The minimum Gasteiger partial charge on any atom is -0.481 e. The van der Waals surface area contributed by atoms with E-state index in [9.17, 15) is 19.7 Å². The average Bonchev–Trinajstić information content (AvgIpc) is 2.52. The van der Waals surface area contributed by atoms with Crippen LogP contribution in [0.15, 0.2) is 24.3 Å². The van der Waals surface area contributed by atoms with Gasteiger partial charge in [-0.15, -0.1) is 0 Å². The molecule has 8 nitrogen and oxygen atoms in total. The van der Waals surface area contributed by atoms with Crippen molar-refractivity contribution in [3.8, 4) is 5.75 Å². The lowest BCUT2D eigenvalue weighted by Crippen LogP contribution is -2.47. The van der Waals surface area contributed by atoms with Crippen molar-refractivity contribution < 1.29 is 24.4 Å². The van der Waals surface area contributed by atoms with Crippen LogP contribution in [-0.4, -0.2) is 46.5 Å². The Hall–Kier alpha value is -2.64. The molecule has 1 aliphatic rings. The van der Waals surface area contributed by atoms with Gasteiger partial charge in [-0.25, -0.2) is 0 Å². The first-order valence-electron chi connectivity index (χ1n) is 7.25. The number of likely N-dealkylation sites (tertiary alicyclic amines) is 1. The quantitative estimate of drug-likeness (QED) is 0.650. The molecule has 1 aromatic rings. The molecule has 0 aromatic heterocycles. The molecule has 0 aliphatic carbocycles. The summed E-state index contributed by atoms with van der Waals surface area (Å²) in [7, 11) is 0. The van der Waals surface area contributed by atoms with Crippen LogP contribution in [0.5, 0.6) is 5.75 Å². The standard InChI is InChI=1S/C15H18N2O6/c1-10-6-11(15(19)20)8-16(7-10)14(18)9-23-13-5-3-2-4-12(13)17(21)22/h2-5,10-11H,6-9H2,1H3,(H,19,20). The zero-order valence-corrected chi connectivity index (χ0v) is 12.7. The lowest BCUT2D eigenvalue weighted by Gasteiger charge is -2.34. The molecular weight excluding hydrogens is 304 g/mol. The van der Waals surface area contributed by atoms with E-state index in [0.29, 0.717) is 13.0 Å². The van der Waals surface area contributed by atoms with E-state index in [1.54, 1.807) is 6.07 Å². The molecule has 0 bridgehead atoms. The van der Waals surface area contributed by atoms with Gasteiger partial charge in [0.05, 0.1) is 10.8 Å². The third kappa shape index (κ3) is 4.18. The van der Waals surface area contributed by atoms with Crippen LogP contribution in [0.2, 0.25) is 0 Å². The summed E-state index contributed by atoms with van der Waals surface area (Å²) in [6, 6.07) is 5.81. The smallest absolute Gasteiger partial charge is 0.310 e. The predicted molar refractivity (Wildman–Crippen MR) is 80.1 cm³/mol. The van der Waals surface area contributed by atoms with Crippen molar-refractivity contribution in [3.05, 3.63) is 34.4 Å². The fourth-order valence-electron chi connectivity index (χ4n) is 2.69. The first-order chi connectivity index (χ1) is 10.9. The van der Waals surface area contributed by atoms with Crippen LogP contribution < -0.4 is 4.74 Å². The molecule has 124 valence electrons. The fourth-order valence-corrected chi connectivity index (χ4v) is 2.69. The van der Waals surface area contributed by atoms with Gasteiger partial charge in [-0.05, 0) is 18.4 Å². The van der Waals surface area contributed by atoms with Gasteiger partial charge in [0.1, 0.15) is 0 Å². The molecular formula is C15H18N2O6. The van der Waals surface area contributed by atoms with Crippen LogP contribution >= 0.6 is 0 Å². The Bertz CT molecular complexity index is 618. The first kappa shape index (κ1) is 16.7. The minimum absolute atomic E-state index is 0.0192. The van der Waals surface area contributed by atoms with Crippen LogP contribution in [0.3, 0.4) is 0 Å². The number of carbonyl (C=O) groups is 2. The summed E-state index contributed by atoms with van der Waals surface area (Å²) >= 11 is 0. The van der Waals surface area contributed by atoms with E-state index >= 15 is 0 Å². The van der Waals surface area contributed by atoms with Crippen molar-refractivity contribution in [1.29, 1.82) is 0 Å². The van der Waals surface area contributed by atoms with Gasteiger partial charge in [0.25, 0.3) is 5.91 Å². The Morgan fingerprint density at radius 3 is 2.74 bits per heavy atom. The molecule has 0 radical (unpaired) electrons. The lowest BCUT2D eigenvalue weighted by atomic mass is 9.90. The third-order valence-electron chi connectivity index (χ3n) is 3.77. The number of carbonyl (C=O) groups excluding carboxylic acids is 1. The molecule has 2 unspecified atom stereocenters. The Balaban J connectivity index is 1.99. The van der Waals surface area contributed by atoms with Gasteiger partial charge >= 0.3 is 11.7 Å². The van der Waals surface area contributed by atoms with Crippen LogP contribution in [0.25, 0.3) is 0 Å². The molecule has 1 N–H and O–H groups in total. The summed E-state index contributed by atoms with van der Waals surface area (Å²) < 4.78 is 5.26. The zero-order chi connectivity index (χ0) is 17.0. The highest BCUT2D eigenvalue weighted by Gasteiger charge is 2.32. The van der Waals surface area contributed by atoms with Crippen LogP contribution in [0.4, 0.5) is 5.69 Å². The van der Waals surface area contributed by atoms with Gasteiger partial charge in [0.15, 0.2) is 12.4 Å². The van der Waals surface area contributed by atoms with Crippen molar-refractivity contribution >= 4 is 17.6 Å². The van der Waals surface area contributed by atoms with E-state index < -0.39 is 16.8 Å². The number of aliphatic carboxylic acids is 1.